The van der Waals surface area contributed by atoms with Gasteiger partial charge < -0.3 is 15.6 Å². The number of benzene rings is 1. The standard InChI is InChI=1S/C13H16N4O2/c1-8-6-12(17-19-8)16-13(18)15-11-5-3-4-10(7-11)9(2)14/h3-7,9H,14H2,1-2H3,(H2,15,16,17,18). The first-order chi connectivity index (χ1) is 9.04. The lowest BCUT2D eigenvalue weighted by molar-refractivity contribution is 0.262. The monoisotopic (exact) mass is 260 g/mol. The van der Waals surface area contributed by atoms with Crippen LogP contribution in [-0.4, -0.2) is 11.2 Å². The van der Waals surface area contributed by atoms with Crippen molar-refractivity contribution in [2.24, 2.45) is 5.73 Å². The Labute approximate surface area is 111 Å². The minimum atomic E-state index is -0.380. The van der Waals surface area contributed by atoms with E-state index < -0.39 is 0 Å². The minimum absolute atomic E-state index is 0.0806. The van der Waals surface area contributed by atoms with Crippen molar-refractivity contribution in [1.82, 2.24) is 5.16 Å². The molecular weight excluding hydrogens is 244 g/mol. The average molecular weight is 260 g/mol. The van der Waals surface area contributed by atoms with Crippen molar-refractivity contribution in [3.8, 4) is 0 Å². The number of anilines is 2. The summed E-state index contributed by atoms with van der Waals surface area (Å²) in [5.41, 5.74) is 7.42. The highest BCUT2D eigenvalue weighted by Gasteiger charge is 2.07. The molecule has 0 fully saturated rings. The van der Waals surface area contributed by atoms with Gasteiger partial charge in [0.25, 0.3) is 0 Å². The second-order valence-corrected chi connectivity index (χ2v) is 4.32. The van der Waals surface area contributed by atoms with Crippen molar-refractivity contribution < 1.29 is 9.32 Å². The molecule has 0 bridgehead atoms. The molecule has 1 aromatic carbocycles. The van der Waals surface area contributed by atoms with Crippen molar-refractivity contribution in [1.29, 1.82) is 0 Å². The van der Waals surface area contributed by atoms with Gasteiger partial charge >= 0.3 is 6.03 Å². The van der Waals surface area contributed by atoms with Gasteiger partial charge in [-0.15, -0.1) is 0 Å². The summed E-state index contributed by atoms with van der Waals surface area (Å²) >= 11 is 0. The molecule has 2 aromatic rings. The van der Waals surface area contributed by atoms with Gasteiger partial charge in [-0.05, 0) is 31.5 Å². The molecule has 1 heterocycles. The normalized spacial score (nSPS) is 11.9. The summed E-state index contributed by atoms with van der Waals surface area (Å²) in [5.74, 6) is 1.01. The first-order valence-corrected chi connectivity index (χ1v) is 5.91. The quantitative estimate of drug-likeness (QED) is 0.790. The summed E-state index contributed by atoms with van der Waals surface area (Å²) in [5, 5.41) is 8.96. The van der Waals surface area contributed by atoms with Crippen LogP contribution >= 0.6 is 0 Å². The van der Waals surface area contributed by atoms with Crippen LogP contribution in [-0.2, 0) is 0 Å². The van der Waals surface area contributed by atoms with Crippen LogP contribution in [0.2, 0.25) is 0 Å². The van der Waals surface area contributed by atoms with Crippen LogP contribution < -0.4 is 16.4 Å². The first kappa shape index (κ1) is 13.1. The molecule has 1 atom stereocenters. The van der Waals surface area contributed by atoms with E-state index in [2.05, 4.69) is 15.8 Å². The highest BCUT2D eigenvalue weighted by Crippen LogP contribution is 2.16. The number of nitrogens with zero attached hydrogens (tertiary/aromatic N) is 1. The van der Waals surface area contributed by atoms with Gasteiger partial charge in [-0.1, -0.05) is 17.3 Å². The number of nitrogens with two attached hydrogens (primary N) is 1. The largest absolute Gasteiger partial charge is 0.360 e. The van der Waals surface area contributed by atoms with E-state index in [4.69, 9.17) is 10.3 Å². The zero-order valence-corrected chi connectivity index (χ0v) is 10.8. The van der Waals surface area contributed by atoms with E-state index in [-0.39, 0.29) is 12.1 Å². The predicted octanol–water partition coefficient (Wildman–Crippen LogP) is 2.65. The number of hydrogen-bond acceptors (Lipinski definition) is 4. The van der Waals surface area contributed by atoms with E-state index in [1.54, 1.807) is 19.1 Å². The first-order valence-electron chi connectivity index (χ1n) is 5.91. The van der Waals surface area contributed by atoms with Crippen LogP contribution in [0.4, 0.5) is 16.3 Å². The van der Waals surface area contributed by atoms with Gasteiger partial charge in [0.2, 0.25) is 0 Å². The Morgan fingerprint density at radius 1 is 1.37 bits per heavy atom. The van der Waals surface area contributed by atoms with Gasteiger partial charge in [0, 0.05) is 17.8 Å². The van der Waals surface area contributed by atoms with Gasteiger partial charge in [0.05, 0.1) is 0 Å². The van der Waals surface area contributed by atoms with Crippen molar-refractivity contribution in [3.63, 3.8) is 0 Å². The number of aromatic nitrogens is 1. The molecule has 0 saturated carbocycles. The van der Waals surface area contributed by atoms with Crippen LogP contribution in [0.15, 0.2) is 34.9 Å². The molecule has 6 nitrogen and oxygen atoms in total. The maximum atomic E-state index is 11.7. The summed E-state index contributed by atoms with van der Waals surface area (Å²) in [6, 6.07) is 8.55. The second-order valence-electron chi connectivity index (χ2n) is 4.32. The fraction of sp³-hybridized carbons (Fsp3) is 0.231. The topological polar surface area (TPSA) is 93.2 Å². The number of carbonyl (C=O) groups excluding carboxylic acids is 1. The molecule has 0 spiro atoms. The molecule has 2 rings (SSSR count). The van der Waals surface area contributed by atoms with Gasteiger partial charge in [-0.2, -0.15) is 0 Å². The van der Waals surface area contributed by atoms with Crippen molar-refractivity contribution in [2.45, 2.75) is 19.9 Å². The summed E-state index contributed by atoms with van der Waals surface area (Å²) in [6.45, 7) is 3.64. The molecule has 6 heteroatoms. The highest BCUT2D eigenvalue weighted by atomic mass is 16.5. The third-order valence-electron chi connectivity index (χ3n) is 2.54. The number of urea groups is 1. The SMILES string of the molecule is Cc1cc(NC(=O)Nc2cccc(C(C)N)c2)no1. The maximum absolute atomic E-state index is 11.7. The molecule has 0 saturated heterocycles. The van der Waals surface area contributed by atoms with E-state index >= 15 is 0 Å². The van der Waals surface area contributed by atoms with Gasteiger partial charge in [0.15, 0.2) is 5.82 Å². The molecule has 0 aliphatic heterocycles. The molecule has 1 unspecified atom stereocenters. The van der Waals surface area contributed by atoms with Crippen LogP contribution in [0.25, 0.3) is 0 Å². The average Bonchev–Trinajstić information content (AvgIpc) is 2.74. The van der Waals surface area contributed by atoms with E-state index in [9.17, 15) is 4.79 Å². The summed E-state index contributed by atoms with van der Waals surface area (Å²) in [4.78, 5) is 11.7. The Balaban J connectivity index is 2.00. The zero-order chi connectivity index (χ0) is 13.8. The van der Waals surface area contributed by atoms with Crippen molar-refractivity contribution in [2.75, 3.05) is 10.6 Å². The number of amides is 2. The third-order valence-corrected chi connectivity index (χ3v) is 2.54. The second kappa shape index (κ2) is 5.53. The molecule has 0 radical (unpaired) electrons. The fourth-order valence-corrected chi connectivity index (χ4v) is 1.60. The fourth-order valence-electron chi connectivity index (χ4n) is 1.60. The summed E-state index contributed by atoms with van der Waals surface area (Å²) in [6.07, 6.45) is 0. The van der Waals surface area contributed by atoms with E-state index in [0.29, 0.717) is 17.3 Å². The maximum Gasteiger partial charge on any atom is 0.324 e. The highest BCUT2D eigenvalue weighted by molar-refractivity contribution is 5.99. The predicted molar refractivity (Wildman–Crippen MR) is 72.9 cm³/mol. The zero-order valence-electron chi connectivity index (χ0n) is 10.8. The molecule has 19 heavy (non-hydrogen) atoms. The number of rotatable bonds is 3. The Morgan fingerprint density at radius 3 is 2.79 bits per heavy atom. The molecule has 2 amide bonds. The Bertz CT molecular complexity index is 578. The Morgan fingerprint density at radius 2 is 2.16 bits per heavy atom. The van der Waals surface area contributed by atoms with Gasteiger partial charge in [-0.25, -0.2) is 4.79 Å². The minimum Gasteiger partial charge on any atom is -0.360 e. The smallest absolute Gasteiger partial charge is 0.324 e. The Hall–Kier alpha value is -2.34. The van der Waals surface area contributed by atoms with Crippen LogP contribution in [0.1, 0.15) is 24.3 Å². The number of hydrogen-bond donors (Lipinski definition) is 3. The van der Waals surface area contributed by atoms with Crippen molar-refractivity contribution >= 4 is 17.5 Å². The van der Waals surface area contributed by atoms with Crippen LogP contribution in [0.3, 0.4) is 0 Å². The number of carbonyl (C=O) groups is 1. The van der Waals surface area contributed by atoms with Crippen molar-refractivity contribution in [3.05, 3.63) is 41.7 Å². The third kappa shape index (κ3) is 3.56. The van der Waals surface area contributed by atoms with Gasteiger partial charge in [0.1, 0.15) is 5.76 Å². The molecule has 1 aromatic heterocycles. The summed E-state index contributed by atoms with van der Waals surface area (Å²) < 4.78 is 4.86. The molecule has 100 valence electrons. The lowest BCUT2D eigenvalue weighted by atomic mass is 10.1. The molecule has 0 aliphatic carbocycles. The molecule has 0 aliphatic rings. The van der Waals surface area contributed by atoms with Gasteiger partial charge in [-0.3, -0.25) is 5.32 Å². The Kier molecular flexibility index (Phi) is 3.82. The lowest BCUT2D eigenvalue weighted by Gasteiger charge is -2.09. The van der Waals surface area contributed by atoms with Crippen LogP contribution in [0.5, 0.6) is 0 Å². The van der Waals surface area contributed by atoms with E-state index in [1.165, 1.54) is 0 Å². The van der Waals surface area contributed by atoms with E-state index in [1.807, 2.05) is 25.1 Å². The molecular formula is C13H16N4O2. The summed E-state index contributed by atoms with van der Waals surface area (Å²) in [7, 11) is 0. The van der Waals surface area contributed by atoms with Crippen LogP contribution in [0, 0.1) is 6.92 Å². The van der Waals surface area contributed by atoms with E-state index in [0.717, 1.165) is 5.56 Å². The molecule has 4 N–H and O–H groups in total. The number of nitrogens with one attached hydrogen (secondary N) is 2. The lowest BCUT2D eigenvalue weighted by Crippen LogP contribution is -2.19. The number of aryl methyl sites for hydroxylation is 1.